The Morgan fingerprint density at radius 1 is 1.17 bits per heavy atom. The molecule has 1 amide bonds. The quantitative estimate of drug-likeness (QED) is 0.801. The highest BCUT2D eigenvalue weighted by Crippen LogP contribution is 2.22. The predicted molar refractivity (Wildman–Crippen MR) is 88.6 cm³/mol. The van der Waals surface area contributed by atoms with Gasteiger partial charge in [-0.2, -0.15) is 0 Å². The van der Waals surface area contributed by atoms with Gasteiger partial charge in [-0.15, -0.1) is 0 Å². The van der Waals surface area contributed by atoms with Crippen molar-refractivity contribution in [1.29, 1.82) is 0 Å². The molecule has 4 nitrogen and oxygen atoms in total. The minimum atomic E-state index is -0.418. The number of anilines is 1. The second kappa shape index (κ2) is 6.84. The minimum Gasteiger partial charge on any atom is -0.457 e. The number of amides is 1. The van der Waals surface area contributed by atoms with Crippen molar-refractivity contribution < 1.29 is 14.3 Å². The SMILES string of the molecule is O=C(OCc1cccc(Cl)c1)c1cccc(N2CCCC2=O)c1. The molecule has 0 unspecified atom stereocenters. The van der Waals surface area contributed by atoms with Gasteiger partial charge in [0.05, 0.1) is 5.56 Å². The van der Waals surface area contributed by atoms with E-state index in [1.54, 1.807) is 35.2 Å². The molecule has 0 atom stereocenters. The molecule has 1 heterocycles. The van der Waals surface area contributed by atoms with Gasteiger partial charge in [-0.3, -0.25) is 4.79 Å². The van der Waals surface area contributed by atoms with Gasteiger partial charge >= 0.3 is 5.97 Å². The van der Waals surface area contributed by atoms with Crippen LogP contribution in [-0.4, -0.2) is 18.4 Å². The van der Waals surface area contributed by atoms with Crippen LogP contribution >= 0.6 is 11.6 Å². The van der Waals surface area contributed by atoms with Crippen LogP contribution in [0.25, 0.3) is 0 Å². The maximum absolute atomic E-state index is 12.2. The highest BCUT2D eigenvalue weighted by molar-refractivity contribution is 6.30. The van der Waals surface area contributed by atoms with Crippen molar-refractivity contribution in [3.05, 3.63) is 64.7 Å². The summed E-state index contributed by atoms with van der Waals surface area (Å²) >= 11 is 5.91. The number of hydrogen-bond donors (Lipinski definition) is 0. The molecular weight excluding hydrogens is 314 g/mol. The lowest BCUT2D eigenvalue weighted by Gasteiger charge is -2.16. The molecule has 2 aromatic rings. The van der Waals surface area contributed by atoms with Gasteiger partial charge in [-0.05, 0) is 42.3 Å². The number of halogens is 1. The molecule has 0 bridgehead atoms. The Balaban J connectivity index is 1.69. The molecule has 3 rings (SSSR count). The van der Waals surface area contributed by atoms with E-state index in [4.69, 9.17) is 16.3 Å². The van der Waals surface area contributed by atoms with Gasteiger partial charge in [-0.1, -0.05) is 29.8 Å². The molecule has 0 saturated carbocycles. The van der Waals surface area contributed by atoms with Crippen molar-refractivity contribution in [2.24, 2.45) is 0 Å². The first kappa shape index (κ1) is 15.6. The number of rotatable bonds is 4. The Morgan fingerprint density at radius 3 is 2.74 bits per heavy atom. The Morgan fingerprint density at radius 2 is 2.00 bits per heavy atom. The standard InChI is InChI=1S/C18H16ClNO3/c19-15-6-1-4-13(10-15)12-23-18(22)14-5-2-7-16(11-14)20-9-3-8-17(20)21/h1-2,4-7,10-11H,3,8-9,12H2. The molecule has 118 valence electrons. The van der Waals surface area contributed by atoms with Crippen molar-refractivity contribution in [3.8, 4) is 0 Å². The van der Waals surface area contributed by atoms with Crippen LogP contribution in [0.15, 0.2) is 48.5 Å². The molecule has 0 radical (unpaired) electrons. The van der Waals surface area contributed by atoms with Crippen molar-refractivity contribution in [2.75, 3.05) is 11.4 Å². The Kier molecular flexibility index (Phi) is 4.63. The first-order valence-corrected chi connectivity index (χ1v) is 7.83. The molecule has 2 aromatic carbocycles. The van der Waals surface area contributed by atoms with Crippen molar-refractivity contribution in [3.63, 3.8) is 0 Å². The summed E-state index contributed by atoms with van der Waals surface area (Å²) in [6.45, 7) is 0.853. The molecule has 0 aliphatic carbocycles. The van der Waals surface area contributed by atoms with Gasteiger partial charge in [0.2, 0.25) is 5.91 Å². The van der Waals surface area contributed by atoms with Crippen LogP contribution in [0.2, 0.25) is 5.02 Å². The van der Waals surface area contributed by atoms with Crippen LogP contribution in [0.5, 0.6) is 0 Å². The van der Waals surface area contributed by atoms with Gasteiger partial charge in [0.15, 0.2) is 0 Å². The number of carbonyl (C=O) groups is 2. The number of esters is 1. The predicted octanol–water partition coefficient (Wildman–Crippen LogP) is 3.82. The second-order valence-electron chi connectivity index (χ2n) is 5.41. The lowest BCUT2D eigenvalue weighted by Crippen LogP contribution is -2.23. The van der Waals surface area contributed by atoms with Gasteiger partial charge < -0.3 is 9.64 Å². The van der Waals surface area contributed by atoms with Crippen LogP contribution in [0.3, 0.4) is 0 Å². The highest BCUT2D eigenvalue weighted by atomic mass is 35.5. The van der Waals surface area contributed by atoms with E-state index in [-0.39, 0.29) is 12.5 Å². The Bertz CT molecular complexity index is 745. The summed E-state index contributed by atoms with van der Waals surface area (Å²) in [7, 11) is 0. The summed E-state index contributed by atoms with van der Waals surface area (Å²) in [4.78, 5) is 25.7. The third-order valence-electron chi connectivity index (χ3n) is 3.73. The zero-order valence-electron chi connectivity index (χ0n) is 12.5. The maximum atomic E-state index is 12.2. The summed E-state index contributed by atoms with van der Waals surface area (Å²) in [5.41, 5.74) is 2.01. The number of nitrogens with zero attached hydrogens (tertiary/aromatic N) is 1. The summed E-state index contributed by atoms with van der Waals surface area (Å²) in [6.07, 6.45) is 1.41. The molecule has 5 heteroatoms. The molecule has 1 aliphatic heterocycles. The molecule has 0 aromatic heterocycles. The lowest BCUT2D eigenvalue weighted by atomic mass is 10.2. The van der Waals surface area contributed by atoms with Gasteiger partial charge in [0, 0.05) is 23.7 Å². The van der Waals surface area contributed by atoms with Gasteiger partial charge in [-0.25, -0.2) is 4.79 Å². The summed E-state index contributed by atoms with van der Waals surface area (Å²) < 4.78 is 5.31. The van der Waals surface area contributed by atoms with E-state index in [9.17, 15) is 9.59 Å². The summed E-state index contributed by atoms with van der Waals surface area (Å²) in [5, 5.41) is 0.605. The topological polar surface area (TPSA) is 46.6 Å². The first-order chi connectivity index (χ1) is 11.1. The van der Waals surface area contributed by atoms with Gasteiger partial charge in [0.1, 0.15) is 6.61 Å². The van der Waals surface area contributed by atoms with E-state index in [1.807, 2.05) is 18.2 Å². The van der Waals surface area contributed by atoms with Crippen LogP contribution in [0.4, 0.5) is 5.69 Å². The van der Waals surface area contributed by atoms with E-state index in [0.717, 1.165) is 17.7 Å². The van der Waals surface area contributed by atoms with Crippen molar-refractivity contribution in [2.45, 2.75) is 19.4 Å². The van der Waals surface area contributed by atoms with Crippen LogP contribution in [-0.2, 0) is 16.1 Å². The molecule has 0 N–H and O–H groups in total. The summed E-state index contributed by atoms with van der Waals surface area (Å²) in [5.74, 6) is -0.326. The monoisotopic (exact) mass is 329 g/mol. The highest BCUT2D eigenvalue weighted by Gasteiger charge is 2.22. The average Bonchev–Trinajstić information content (AvgIpc) is 2.99. The minimum absolute atomic E-state index is 0.0921. The van der Waals surface area contributed by atoms with Crippen molar-refractivity contribution >= 4 is 29.2 Å². The number of hydrogen-bond acceptors (Lipinski definition) is 3. The van der Waals surface area contributed by atoms with E-state index in [1.165, 1.54) is 0 Å². The Labute approximate surface area is 139 Å². The molecule has 23 heavy (non-hydrogen) atoms. The van der Waals surface area contributed by atoms with E-state index in [0.29, 0.717) is 23.6 Å². The smallest absolute Gasteiger partial charge is 0.338 e. The molecular formula is C18H16ClNO3. The largest absolute Gasteiger partial charge is 0.457 e. The fraction of sp³-hybridized carbons (Fsp3) is 0.222. The van der Waals surface area contributed by atoms with E-state index in [2.05, 4.69) is 0 Å². The zero-order valence-corrected chi connectivity index (χ0v) is 13.3. The number of carbonyl (C=O) groups excluding carboxylic acids is 2. The van der Waals surface area contributed by atoms with E-state index < -0.39 is 5.97 Å². The first-order valence-electron chi connectivity index (χ1n) is 7.45. The third-order valence-corrected chi connectivity index (χ3v) is 3.96. The third kappa shape index (κ3) is 3.71. The fourth-order valence-electron chi connectivity index (χ4n) is 2.58. The molecule has 1 fully saturated rings. The second-order valence-corrected chi connectivity index (χ2v) is 5.84. The maximum Gasteiger partial charge on any atom is 0.338 e. The van der Waals surface area contributed by atoms with Crippen LogP contribution in [0, 0.1) is 0 Å². The van der Waals surface area contributed by atoms with Crippen LogP contribution in [0.1, 0.15) is 28.8 Å². The number of ether oxygens (including phenoxy) is 1. The van der Waals surface area contributed by atoms with E-state index >= 15 is 0 Å². The molecule has 0 spiro atoms. The summed E-state index contributed by atoms with van der Waals surface area (Å²) in [6, 6.07) is 14.2. The average molecular weight is 330 g/mol. The van der Waals surface area contributed by atoms with Crippen molar-refractivity contribution in [1.82, 2.24) is 0 Å². The molecule has 1 aliphatic rings. The molecule has 1 saturated heterocycles. The van der Waals surface area contributed by atoms with Crippen LogP contribution < -0.4 is 4.90 Å². The normalized spacial score (nSPS) is 14.1. The van der Waals surface area contributed by atoms with Gasteiger partial charge in [0.25, 0.3) is 0 Å². The number of benzene rings is 2. The zero-order chi connectivity index (χ0) is 16.2. The Hall–Kier alpha value is -2.33. The fourth-order valence-corrected chi connectivity index (χ4v) is 2.79. The lowest BCUT2D eigenvalue weighted by molar-refractivity contribution is -0.117.